The SMILES string of the molecule is C=C1CC23Cc4cccc([n+]42)-c2cc4c5cc(-c6ccccc6)cc6c7cc8c(cc7n(c4cc2C3(C)CCc2ccccc2-c2cccc[n+]21)c56)oc1ccccc18. The summed E-state index contributed by atoms with van der Waals surface area (Å²) < 4.78 is 14.2. The van der Waals surface area contributed by atoms with Crippen LogP contribution in [0.3, 0.4) is 0 Å². The van der Waals surface area contributed by atoms with Crippen LogP contribution in [-0.4, -0.2) is 4.40 Å². The Morgan fingerprint density at radius 3 is 2.25 bits per heavy atom. The first-order valence-electron chi connectivity index (χ1n) is 21.0. The van der Waals surface area contributed by atoms with E-state index in [0.29, 0.717) is 0 Å². The second-order valence-electron chi connectivity index (χ2n) is 17.6. The molecule has 0 saturated carbocycles. The van der Waals surface area contributed by atoms with Gasteiger partial charge in [0.2, 0.25) is 11.4 Å². The number of hydrogen-bond donors (Lipinski definition) is 0. The number of nitrogens with zero attached hydrogens (tertiary/aromatic N) is 3. The third kappa shape index (κ3) is 3.90. The Labute approximate surface area is 340 Å². The predicted octanol–water partition coefficient (Wildman–Crippen LogP) is 12.3. The molecule has 6 aromatic carbocycles. The largest absolute Gasteiger partial charge is 0.456 e. The van der Waals surface area contributed by atoms with Crippen molar-refractivity contribution < 1.29 is 13.6 Å². The molecule has 59 heavy (non-hydrogen) atoms. The molecule has 0 N–H and O–H groups in total. The molecule has 0 radical (unpaired) electrons. The summed E-state index contributed by atoms with van der Waals surface area (Å²) in [6.07, 6.45) is 6.08. The Hall–Kier alpha value is -7.04. The standard InChI is InChI=1S/C55H39N3O/c1-33-31-55-32-37-16-12-20-48(58(37)55)45-28-41-44-26-36(34-13-4-3-5-14-34)25-43-40-27-42-39-18-8-9-21-51(39)59-52(42)30-50(40)57(53(43)44)49(41)29-46(45)54(55,2)23-22-35-15-6-7-17-38(35)47-19-10-11-24-56(33)47/h3-21,24-30H,1,22-23,31-32H2,2H3/q+2. The molecule has 0 bridgehead atoms. The van der Waals surface area contributed by atoms with Crippen molar-refractivity contribution in [3.05, 3.63) is 181 Å². The minimum Gasteiger partial charge on any atom is -0.456 e. The molecule has 3 aliphatic heterocycles. The number of furan rings is 1. The Bertz CT molecular complexity index is 3660. The molecule has 3 aliphatic rings. The van der Waals surface area contributed by atoms with Crippen molar-refractivity contribution in [2.45, 2.75) is 43.6 Å². The fraction of sp³-hybridized carbons (Fsp3) is 0.127. The number of allylic oxidation sites excluding steroid dienone is 1. The highest BCUT2D eigenvalue weighted by Gasteiger charge is 2.69. The number of aryl methyl sites for hydroxylation is 1. The van der Waals surface area contributed by atoms with Crippen LogP contribution in [0.1, 0.15) is 36.6 Å². The van der Waals surface area contributed by atoms with E-state index in [1.165, 1.54) is 88.6 Å². The van der Waals surface area contributed by atoms with Gasteiger partial charge >= 0.3 is 0 Å². The molecule has 0 aliphatic carbocycles. The first-order chi connectivity index (χ1) is 29.0. The summed E-state index contributed by atoms with van der Waals surface area (Å²) >= 11 is 0. The fourth-order valence-electron chi connectivity index (χ4n) is 12.1. The van der Waals surface area contributed by atoms with Crippen molar-refractivity contribution in [1.82, 2.24) is 4.40 Å². The van der Waals surface area contributed by atoms with E-state index in [1.807, 2.05) is 0 Å². The molecule has 0 amide bonds. The Kier molecular flexibility index (Phi) is 5.91. The molecule has 4 nitrogen and oxygen atoms in total. The molecule has 11 aromatic rings. The number of rotatable bonds is 1. The lowest BCUT2D eigenvalue weighted by Gasteiger charge is -2.53. The van der Waals surface area contributed by atoms with Crippen LogP contribution >= 0.6 is 0 Å². The molecule has 1 spiro atoms. The minimum atomic E-state index is -0.204. The van der Waals surface area contributed by atoms with Crippen LogP contribution in [0, 0.1) is 0 Å². The van der Waals surface area contributed by atoms with Crippen LogP contribution < -0.4 is 9.13 Å². The molecular weight excluding hydrogens is 719 g/mol. The molecule has 4 heteroatoms. The monoisotopic (exact) mass is 757 g/mol. The molecule has 5 aromatic heterocycles. The summed E-state index contributed by atoms with van der Waals surface area (Å²) in [5.74, 6) is 0. The highest BCUT2D eigenvalue weighted by molar-refractivity contribution is 6.27. The van der Waals surface area contributed by atoms with E-state index >= 15 is 0 Å². The molecule has 8 heterocycles. The van der Waals surface area contributed by atoms with Crippen LogP contribution in [0.4, 0.5) is 0 Å². The Morgan fingerprint density at radius 2 is 1.36 bits per heavy atom. The van der Waals surface area contributed by atoms with Crippen molar-refractivity contribution >= 4 is 65.7 Å². The second-order valence-corrected chi connectivity index (χ2v) is 17.6. The summed E-state index contributed by atoms with van der Waals surface area (Å²) in [7, 11) is 0. The zero-order valence-electron chi connectivity index (χ0n) is 32.8. The normalized spacial score (nSPS) is 19.5. The summed E-state index contributed by atoms with van der Waals surface area (Å²) in [5, 5.41) is 7.44. The van der Waals surface area contributed by atoms with Gasteiger partial charge in [-0.1, -0.05) is 66.7 Å². The average molecular weight is 758 g/mol. The van der Waals surface area contributed by atoms with E-state index in [-0.39, 0.29) is 11.0 Å². The van der Waals surface area contributed by atoms with Gasteiger partial charge in [-0.2, -0.15) is 9.13 Å². The van der Waals surface area contributed by atoms with Gasteiger partial charge in [0.25, 0.3) is 0 Å². The van der Waals surface area contributed by atoms with Crippen LogP contribution in [0.5, 0.6) is 0 Å². The van der Waals surface area contributed by atoms with Gasteiger partial charge in [0.15, 0.2) is 23.1 Å². The second kappa shape index (κ2) is 10.9. The maximum absolute atomic E-state index is 6.58. The topological polar surface area (TPSA) is 25.3 Å². The highest BCUT2D eigenvalue weighted by Crippen LogP contribution is 2.58. The van der Waals surface area contributed by atoms with Crippen molar-refractivity contribution in [3.8, 4) is 33.6 Å². The minimum absolute atomic E-state index is 0.176. The van der Waals surface area contributed by atoms with Gasteiger partial charge in [0.1, 0.15) is 11.2 Å². The van der Waals surface area contributed by atoms with E-state index in [2.05, 4.69) is 178 Å². The van der Waals surface area contributed by atoms with E-state index in [4.69, 9.17) is 11.0 Å². The Balaban J connectivity index is 1.10. The van der Waals surface area contributed by atoms with E-state index < -0.39 is 0 Å². The van der Waals surface area contributed by atoms with Gasteiger partial charge in [-0.05, 0) is 103 Å². The van der Waals surface area contributed by atoms with Crippen LogP contribution in [-0.2, 0) is 23.8 Å². The Morgan fingerprint density at radius 1 is 0.593 bits per heavy atom. The molecule has 2 atom stereocenters. The smallest absolute Gasteiger partial charge is 0.218 e. The lowest BCUT2D eigenvalue weighted by molar-refractivity contribution is -0.815. The van der Waals surface area contributed by atoms with E-state index in [1.54, 1.807) is 0 Å². The zero-order chi connectivity index (χ0) is 38.8. The molecule has 2 unspecified atom stereocenters. The van der Waals surface area contributed by atoms with Gasteiger partial charge in [-0.15, -0.1) is 0 Å². The van der Waals surface area contributed by atoms with Crippen LogP contribution in [0.25, 0.3) is 99.4 Å². The lowest BCUT2D eigenvalue weighted by Crippen LogP contribution is -2.79. The first kappa shape index (κ1) is 32.0. The third-order valence-corrected chi connectivity index (χ3v) is 14.9. The van der Waals surface area contributed by atoms with Gasteiger partial charge in [-0.3, -0.25) is 0 Å². The van der Waals surface area contributed by atoms with Crippen molar-refractivity contribution in [2.24, 2.45) is 0 Å². The van der Waals surface area contributed by atoms with Crippen molar-refractivity contribution in [2.75, 3.05) is 0 Å². The average Bonchev–Trinajstić information content (AvgIpc) is 3.91. The molecule has 14 rings (SSSR count). The quantitative estimate of drug-likeness (QED) is 0.153. The summed E-state index contributed by atoms with van der Waals surface area (Å²) in [6, 6.07) is 56.6. The number of hydrogen-bond acceptors (Lipinski definition) is 1. The lowest BCUT2D eigenvalue weighted by atomic mass is 9.54. The molecule has 0 saturated heterocycles. The summed E-state index contributed by atoms with van der Waals surface area (Å²) in [6.45, 7) is 7.45. The van der Waals surface area contributed by atoms with Gasteiger partial charge < -0.3 is 8.82 Å². The number of para-hydroxylation sites is 1. The first-order valence-corrected chi connectivity index (χ1v) is 21.0. The van der Waals surface area contributed by atoms with Gasteiger partial charge in [0, 0.05) is 68.2 Å². The van der Waals surface area contributed by atoms with Crippen molar-refractivity contribution in [1.29, 1.82) is 0 Å². The highest BCUT2D eigenvalue weighted by atomic mass is 16.3. The van der Waals surface area contributed by atoms with Gasteiger partial charge in [-0.25, -0.2) is 0 Å². The fourth-order valence-corrected chi connectivity index (χ4v) is 12.1. The maximum Gasteiger partial charge on any atom is 0.218 e. The van der Waals surface area contributed by atoms with E-state index in [0.717, 1.165) is 53.3 Å². The van der Waals surface area contributed by atoms with Crippen LogP contribution in [0.2, 0.25) is 0 Å². The molecule has 278 valence electrons. The number of benzene rings is 6. The maximum atomic E-state index is 6.58. The number of pyridine rings is 2. The number of fused-ring (bicyclic) bond motifs is 15. The molecular formula is C55H39N3O+2. The summed E-state index contributed by atoms with van der Waals surface area (Å²) in [5.41, 5.74) is 18.2. The predicted molar refractivity (Wildman–Crippen MR) is 239 cm³/mol. The van der Waals surface area contributed by atoms with Gasteiger partial charge in [0.05, 0.1) is 40.4 Å². The van der Waals surface area contributed by atoms with Crippen molar-refractivity contribution in [3.63, 3.8) is 0 Å². The number of aromatic nitrogens is 3. The van der Waals surface area contributed by atoms with Crippen LogP contribution in [0.15, 0.2) is 169 Å². The third-order valence-electron chi connectivity index (χ3n) is 14.9. The summed E-state index contributed by atoms with van der Waals surface area (Å²) in [4.78, 5) is 0. The molecule has 0 fully saturated rings. The zero-order valence-corrected chi connectivity index (χ0v) is 32.8. The van der Waals surface area contributed by atoms with E-state index in [9.17, 15) is 0 Å².